The number of aliphatic hydroxyl groups is 1. The Hall–Kier alpha value is -3.37. The molecule has 1 aromatic heterocycles. The van der Waals surface area contributed by atoms with Gasteiger partial charge in [-0.25, -0.2) is 0 Å². The largest absolute Gasteiger partial charge is 0.394 e. The lowest BCUT2D eigenvalue weighted by atomic mass is 9.97. The molecule has 4 heteroatoms. The number of carbonyl (C=O) groups excluding carboxylic acids is 1. The van der Waals surface area contributed by atoms with E-state index in [0.29, 0.717) is 17.9 Å². The summed E-state index contributed by atoms with van der Waals surface area (Å²) in [5, 5.41) is 13.9. The zero-order valence-corrected chi connectivity index (χ0v) is 17.9. The van der Waals surface area contributed by atoms with Crippen LogP contribution in [0.4, 0.5) is 0 Å². The average molecular weight is 413 g/mol. The molecule has 1 heterocycles. The number of hydrogen-bond acceptors (Lipinski definition) is 2. The van der Waals surface area contributed by atoms with E-state index in [4.69, 9.17) is 0 Å². The molecule has 4 aromatic rings. The topological polar surface area (TPSA) is 65.1 Å². The molecular formula is C27H28N2O2. The molecule has 3 N–H and O–H groups in total. The number of H-pyrrole nitrogens is 1. The van der Waals surface area contributed by atoms with Crippen LogP contribution in [-0.2, 0) is 6.42 Å². The lowest BCUT2D eigenvalue weighted by Crippen LogP contribution is -2.39. The molecule has 0 radical (unpaired) electrons. The van der Waals surface area contributed by atoms with E-state index < -0.39 is 0 Å². The molecule has 3 aromatic carbocycles. The molecule has 4 nitrogen and oxygen atoms in total. The van der Waals surface area contributed by atoms with Crippen molar-refractivity contribution in [3.05, 3.63) is 95.7 Å². The Kier molecular flexibility index (Phi) is 6.19. The highest BCUT2D eigenvalue weighted by atomic mass is 16.3. The van der Waals surface area contributed by atoms with E-state index in [1.165, 1.54) is 5.56 Å². The van der Waals surface area contributed by atoms with Gasteiger partial charge in [-0.15, -0.1) is 0 Å². The van der Waals surface area contributed by atoms with Crippen molar-refractivity contribution in [2.75, 3.05) is 6.61 Å². The summed E-state index contributed by atoms with van der Waals surface area (Å²) in [7, 11) is 0. The zero-order chi connectivity index (χ0) is 21.8. The third-order valence-electron chi connectivity index (χ3n) is 5.73. The summed E-state index contributed by atoms with van der Waals surface area (Å²) >= 11 is 0. The molecule has 0 bridgehead atoms. The van der Waals surface area contributed by atoms with Gasteiger partial charge in [0, 0.05) is 22.7 Å². The minimum atomic E-state index is -0.353. The number of nitrogens with one attached hydrogen (secondary N) is 2. The number of rotatable bonds is 7. The first-order valence-corrected chi connectivity index (χ1v) is 10.7. The first kappa shape index (κ1) is 20.9. The predicted molar refractivity (Wildman–Crippen MR) is 126 cm³/mol. The van der Waals surface area contributed by atoms with Crippen LogP contribution in [0.25, 0.3) is 22.0 Å². The number of hydrogen-bond donors (Lipinski definition) is 3. The van der Waals surface area contributed by atoms with Gasteiger partial charge in [0.05, 0.1) is 12.6 Å². The van der Waals surface area contributed by atoms with Crippen molar-refractivity contribution in [3.63, 3.8) is 0 Å². The Morgan fingerprint density at radius 2 is 1.74 bits per heavy atom. The van der Waals surface area contributed by atoms with Crippen LogP contribution in [0.1, 0.15) is 41.3 Å². The molecule has 0 saturated carbocycles. The fourth-order valence-electron chi connectivity index (χ4n) is 3.89. The minimum absolute atomic E-state index is 0.120. The monoisotopic (exact) mass is 412 g/mol. The van der Waals surface area contributed by atoms with Gasteiger partial charge >= 0.3 is 0 Å². The number of fused-ring (bicyclic) bond motifs is 1. The molecule has 158 valence electrons. The Bertz CT molecular complexity index is 1180. The lowest BCUT2D eigenvalue weighted by molar-refractivity contribution is 0.0916. The van der Waals surface area contributed by atoms with Crippen LogP contribution >= 0.6 is 0 Å². The van der Waals surface area contributed by atoms with Crippen LogP contribution in [0, 0.1) is 0 Å². The molecular weight excluding hydrogens is 384 g/mol. The summed E-state index contributed by atoms with van der Waals surface area (Å²) in [6.07, 6.45) is 2.51. The molecule has 0 unspecified atom stereocenters. The Labute approximate surface area is 182 Å². The minimum Gasteiger partial charge on any atom is -0.394 e. The second-order valence-electron chi connectivity index (χ2n) is 8.27. The Morgan fingerprint density at radius 1 is 0.968 bits per heavy atom. The van der Waals surface area contributed by atoms with E-state index in [9.17, 15) is 9.90 Å². The van der Waals surface area contributed by atoms with Crippen molar-refractivity contribution in [2.24, 2.45) is 0 Å². The predicted octanol–water partition coefficient (Wildman–Crippen LogP) is 5.29. The van der Waals surface area contributed by atoms with Gasteiger partial charge in [0.15, 0.2) is 0 Å². The fourth-order valence-corrected chi connectivity index (χ4v) is 3.89. The van der Waals surface area contributed by atoms with Gasteiger partial charge in [-0.2, -0.15) is 0 Å². The molecule has 1 atom stereocenters. The second kappa shape index (κ2) is 9.19. The maximum atomic E-state index is 12.8. The molecule has 0 aliphatic heterocycles. The van der Waals surface area contributed by atoms with E-state index in [-0.39, 0.29) is 18.6 Å². The van der Waals surface area contributed by atoms with Crippen LogP contribution in [0.5, 0.6) is 0 Å². The number of carbonyl (C=O) groups is 1. The Morgan fingerprint density at radius 3 is 2.48 bits per heavy atom. The molecule has 1 amide bonds. The second-order valence-corrected chi connectivity index (χ2v) is 8.27. The SMILES string of the molecule is CC(C)c1cccc(-c2ccc(C(=O)N[C@@H](CO)Cc3c[nH]c4ccccc34)cc2)c1. The van der Waals surface area contributed by atoms with Crippen molar-refractivity contribution in [3.8, 4) is 11.1 Å². The summed E-state index contributed by atoms with van der Waals surface area (Å²) in [5.74, 6) is 0.291. The van der Waals surface area contributed by atoms with Gasteiger partial charge < -0.3 is 15.4 Å². The maximum Gasteiger partial charge on any atom is 0.251 e. The van der Waals surface area contributed by atoms with Gasteiger partial charge in [-0.3, -0.25) is 4.79 Å². The maximum absolute atomic E-state index is 12.8. The van der Waals surface area contributed by atoms with E-state index in [1.54, 1.807) is 0 Å². The number of amides is 1. The number of para-hydroxylation sites is 1. The highest BCUT2D eigenvalue weighted by Gasteiger charge is 2.16. The zero-order valence-electron chi connectivity index (χ0n) is 17.9. The van der Waals surface area contributed by atoms with Crippen molar-refractivity contribution in [2.45, 2.75) is 32.2 Å². The van der Waals surface area contributed by atoms with E-state index >= 15 is 0 Å². The van der Waals surface area contributed by atoms with Crippen molar-refractivity contribution < 1.29 is 9.90 Å². The van der Waals surface area contributed by atoms with Crippen LogP contribution < -0.4 is 5.32 Å². The molecule has 31 heavy (non-hydrogen) atoms. The van der Waals surface area contributed by atoms with E-state index in [0.717, 1.165) is 27.6 Å². The third kappa shape index (κ3) is 4.70. The van der Waals surface area contributed by atoms with Gasteiger partial charge in [-0.1, -0.05) is 68.4 Å². The number of aromatic nitrogens is 1. The van der Waals surface area contributed by atoms with Crippen molar-refractivity contribution in [1.29, 1.82) is 0 Å². The van der Waals surface area contributed by atoms with E-state index in [1.807, 2.05) is 54.7 Å². The van der Waals surface area contributed by atoms with Crippen LogP contribution in [0.3, 0.4) is 0 Å². The highest BCUT2D eigenvalue weighted by molar-refractivity contribution is 5.95. The fraction of sp³-hybridized carbons (Fsp3) is 0.222. The average Bonchev–Trinajstić information content (AvgIpc) is 3.21. The molecule has 0 saturated heterocycles. The summed E-state index contributed by atoms with van der Waals surface area (Å²) in [4.78, 5) is 16.0. The summed E-state index contributed by atoms with van der Waals surface area (Å²) < 4.78 is 0. The summed E-state index contributed by atoms with van der Waals surface area (Å²) in [6.45, 7) is 4.24. The van der Waals surface area contributed by atoms with Crippen LogP contribution in [-0.4, -0.2) is 28.6 Å². The third-order valence-corrected chi connectivity index (χ3v) is 5.73. The normalized spacial score (nSPS) is 12.3. The van der Waals surface area contributed by atoms with E-state index in [2.05, 4.69) is 48.4 Å². The Balaban J connectivity index is 1.45. The quantitative estimate of drug-likeness (QED) is 0.386. The van der Waals surface area contributed by atoms with Crippen LogP contribution in [0.15, 0.2) is 79.0 Å². The number of aromatic amines is 1. The van der Waals surface area contributed by atoms with Crippen molar-refractivity contribution in [1.82, 2.24) is 10.3 Å². The van der Waals surface area contributed by atoms with Gasteiger partial charge in [0.2, 0.25) is 0 Å². The van der Waals surface area contributed by atoms with Gasteiger partial charge in [-0.05, 0) is 52.8 Å². The number of benzene rings is 3. The van der Waals surface area contributed by atoms with Crippen molar-refractivity contribution >= 4 is 16.8 Å². The highest BCUT2D eigenvalue weighted by Crippen LogP contribution is 2.24. The van der Waals surface area contributed by atoms with Gasteiger partial charge in [0.25, 0.3) is 5.91 Å². The molecule has 0 aliphatic carbocycles. The van der Waals surface area contributed by atoms with Gasteiger partial charge in [0.1, 0.15) is 0 Å². The molecule has 0 aliphatic rings. The molecule has 0 fully saturated rings. The first-order valence-electron chi connectivity index (χ1n) is 10.7. The molecule has 4 rings (SSSR count). The molecule has 0 spiro atoms. The first-order chi connectivity index (χ1) is 15.0. The number of aliphatic hydroxyl groups excluding tert-OH is 1. The standard InChI is InChI=1S/C27H28N2O2/c1-18(2)21-6-5-7-22(14-21)19-10-12-20(13-11-19)27(31)29-24(17-30)15-23-16-28-26-9-4-3-8-25(23)26/h3-14,16,18,24,28,30H,15,17H2,1-2H3,(H,29,31)/t24-/m1/s1. The summed E-state index contributed by atoms with van der Waals surface area (Å²) in [5.41, 5.74) is 6.23. The lowest BCUT2D eigenvalue weighted by Gasteiger charge is -2.16. The smallest absolute Gasteiger partial charge is 0.251 e. The summed E-state index contributed by atoms with van der Waals surface area (Å²) in [6, 6.07) is 23.8. The van der Waals surface area contributed by atoms with Crippen LogP contribution in [0.2, 0.25) is 0 Å².